The number of halogens is 4. The predicted molar refractivity (Wildman–Crippen MR) is 130 cm³/mol. The Bertz CT molecular complexity index is 1380. The van der Waals surface area contributed by atoms with Crippen LogP contribution in [0.3, 0.4) is 0 Å². The minimum absolute atomic E-state index is 0. The number of amides is 1. The molecule has 0 aliphatic carbocycles. The van der Waals surface area contributed by atoms with Crippen LogP contribution in [0.5, 0.6) is 5.75 Å². The molecule has 1 amide bonds. The number of nitrogens with one attached hydrogen (secondary N) is 2. The lowest BCUT2D eigenvalue weighted by Gasteiger charge is -2.28. The van der Waals surface area contributed by atoms with E-state index in [0.717, 1.165) is 0 Å². The Labute approximate surface area is 214 Å². The van der Waals surface area contributed by atoms with E-state index in [-0.39, 0.29) is 45.7 Å². The number of rotatable bonds is 6. The van der Waals surface area contributed by atoms with Gasteiger partial charge in [-0.25, -0.2) is 9.50 Å². The molecule has 1 aromatic carbocycles. The van der Waals surface area contributed by atoms with Crippen molar-refractivity contribution in [1.29, 1.82) is 0 Å². The first-order chi connectivity index (χ1) is 16.9. The normalized spacial score (nSPS) is 17.7. The van der Waals surface area contributed by atoms with Crippen LogP contribution in [0.15, 0.2) is 49.1 Å². The first-order valence-corrected chi connectivity index (χ1v) is 11.1. The molecule has 4 heterocycles. The summed E-state index contributed by atoms with van der Waals surface area (Å²) in [5.74, 6) is -0.683. The number of β-amino-alcohol motifs (C(OH)–C–C–N with tert-alkyl or cyclic N) is 1. The van der Waals surface area contributed by atoms with Crippen molar-refractivity contribution in [2.75, 3.05) is 18.4 Å². The van der Waals surface area contributed by atoms with Gasteiger partial charge in [0, 0.05) is 35.7 Å². The van der Waals surface area contributed by atoms with Gasteiger partial charge in [-0.3, -0.25) is 9.48 Å². The maximum absolute atomic E-state index is 13.2. The number of carbonyl (C=O) groups is 1. The van der Waals surface area contributed by atoms with E-state index < -0.39 is 24.7 Å². The zero-order valence-electron chi connectivity index (χ0n) is 18.5. The van der Waals surface area contributed by atoms with Crippen molar-refractivity contribution >= 4 is 41.2 Å². The number of anilines is 1. The summed E-state index contributed by atoms with van der Waals surface area (Å²) in [5.41, 5.74) is 1.09. The Balaban J connectivity index is 0.00000304. The van der Waals surface area contributed by atoms with E-state index in [1.807, 2.05) is 0 Å². The third-order valence-corrected chi connectivity index (χ3v) is 5.91. The Morgan fingerprint density at radius 1 is 1.36 bits per heavy atom. The maximum atomic E-state index is 13.2. The molecule has 190 valence electrons. The summed E-state index contributed by atoms with van der Waals surface area (Å²) in [6, 6.07) is 5.44. The molecule has 0 unspecified atom stereocenters. The summed E-state index contributed by atoms with van der Waals surface area (Å²) < 4.78 is 33.9. The van der Waals surface area contributed by atoms with Crippen molar-refractivity contribution in [3.8, 4) is 17.0 Å². The van der Waals surface area contributed by atoms with Crippen LogP contribution >= 0.6 is 24.0 Å². The average Bonchev–Trinajstić information content (AvgIpc) is 3.45. The summed E-state index contributed by atoms with van der Waals surface area (Å²) in [4.78, 5) is 17.4. The van der Waals surface area contributed by atoms with E-state index in [2.05, 4.69) is 30.6 Å². The fourth-order valence-electron chi connectivity index (χ4n) is 4.05. The standard InChI is InChI=1S/C22H20ClF2N7O3.ClH/c23-12-2-3-18(35-22(24)25)13(8-12)19-15(11-32(30-19)16-4-6-26-10-17(16)33)29-21(34)14-9-28-31-7-1-5-27-20(14)31;/h1-3,5,7-9,11,16-17,22,26,33H,4,6,10H2,(H,29,34);1H/t16-,17-;/m0./s1. The molecule has 2 atom stereocenters. The Kier molecular flexibility index (Phi) is 7.69. The fraction of sp³-hybridized carbons (Fsp3) is 0.273. The maximum Gasteiger partial charge on any atom is 0.387 e. The van der Waals surface area contributed by atoms with Crippen molar-refractivity contribution in [2.24, 2.45) is 0 Å². The third-order valence-electron chi connectivity index (χ3n) is 5.67. The van der Waals surface area contributed by atoms with Crippen LogP contribution in [0.2, 0.25) is 5.02 Å². The second-order valence-electron chi connectivity index (χ2n) is 7.92. The van der Waals surface area contributed by atoms with E-state index in [0.29, 0.717) is 25.2 Å². The van der Waals surface area contributed by atoms with Crippen LogP contribution in [-0.4, -0.2) is 61.2 Å². The third kappa shape index (κ3) is 5.12. The Morgan fingerprint density at radius 3 is 2.97 bits per heavy atom. The number of fused-ring (bicyclic) bond motifs is 1. The lowest BCUT2D eigenvalue weighted by Crippen LogP contribution is -2.41. The number of hydrogen-bond donors (Lipinski definition) is 3. The number of carbonyl (C=O) groups excluding carboxylic acids is 1. The number of hydrogen-bond acceptors (Lipinski definition) is 7. The molecule has 1 aliphatic rings. The zero-order valence-corrected chi connectivity index (χ0v) is 20.1. The lowest BCUT2D eigenvalue weighted by molar-refractivity contribution is -0.0494. The number of nitrogens with zero attached hydrogens (tertiary/aromatic N) is 5. The molecule has 1 saturated heterocycles. The van der Waals surface area contributed by atoms with Gasteiger partial charge in [0.25, 0.3) is 5.91 Å². The van der Waals surface area contributed by atoms with E-state index in [1.165, 1.54) is 39.8 Å². The van der Waals surface area contributed by atoms with Crippen molar-refractivity contribution in [2.45, 2.75) is 25.2 Å². The zero-order chi connectivity index (χ0) is 24.5. The molecule has 5 rings (SSSR count). The van der Waals surface area contributed by atoms with Gasteiger partial charge in [-0.1, -0.05) is 11.6 Å². The quantitative estimate of drug-likeness (QED) is 0.343. The molecule has 0 bridgehead atoms. The number of alkyl halides is 2. The number of benzene rings is 1. The molecular formula is C22H21Cl2F2N7O3. The lowest BCUT2D eigenvalue weighted by atomic mass is 10.0. The molecule has 36 heavy (non-hydrogen) atoms. The minimum Gasteiger partial charge on any atom is -0.434 e. The molecule has 10 nitrogen and oxygen atoms in total. The van der Waals surface area contributed by atoms with E-state index in [1.54, 1.807) is 18.5 Å². The monoisotopic (exact) mass is 539 g/mol. The van der Waals surface area contributed by atoms with Crippen LogP contribution in [0.4, 0.5) is 14.5 Å². The van der Waals surface area contributed by atoms with Crippen molar-refractivity contribution in [1.82, 2.24) is 29.7 Å². The number of aliphatic hydroxyl groups excluding tert-OH is 1. The van der Waals surface area contributed by atoms with Gasteiger partial charge < -0.3 is 20.5 Å². The van der Waals surface area contributed by atoms with Crippen LogP contribution in [0.25, 0.3) is 16.9 Å². The van der Waals surface area contributed by atoms with Gasteiger partial charge in [0.1, 0.15) is 17.0 Å². The smallest absolute Gasteiger partial charge is 0.387 e. The molecule has 4 aromatic rings. The van der Waals surface area contributed by atoms with Gasteiger partial charge in [0.05, 0.1) is 24.0 Å². The van der Waals surface area contributed by atoms with Gasteiger partial charge in [0.2, 0.25) is 0 Å². The Hall–Kier alpha value is -3.32. The highest BCUT2D eigenvalue weighted by atomic mass is 35.5. The van der Waals surface area contributed by atoms with E-state index in [9.17, 15) is 18.7 Å². The molecule has 3 N–H and O–H groups in total. The van der Waals surface area contributed by atoms with Crippen molar-refractivity contribution in [3.05, 3.63) is 59.6 Å². The summed E-state index contributed by atoms with van der Waals surface area (Å²) in [6.45, 7) is -2.05. The molecule has 0 spiro atoms. The fourth-order valence-corrected chi connectivity index (χ4v) is 4.22. The highest BCUT2D eigenvalue weighted by Gasteiger charge is 2.28. The van der Waals surface area contributed by atoms with Gasteiger partial charge >= 0.3 is 6.61 Å². The first-order valence-electron chi connectivity index (χ1n) is 10.7. The molecule has 14 heteroatoms. The molecule has 0 saturated carbocycles. The van der Waals surface area contributed by atoms with E-state index >= 15 is 0 Å². The highest BCUT2D eigenvalue weighted by Crippen LogP contribution is 2.38. The van der Waals surface area contributed by atoms with Crippen LogP contribution < -0.4 is 15.4 Å². The number of piperidine rings is 1. The highest BCUT2D eigenvalue weighted by molar-refractivity contribution is 6.31. The number of aliphatic hydroxyl groups is 1. The molecule has 1 aliphatic heterocycles. The van der Waals surface area contributed by atoms with E-state index in [4.69, 9.17) is 11.6 Å². The van der Waals surface area contributed by atoms with Crippen molar-refractivity contribution < 1.29 is 23.4 Å². The topological polar surface area (TPSA) is 119 Å². The van der Waals surface area contributed by atoms with Gasteiger partial charge in [-0.2, -0.15) is 19.0 Å². The largest absolute Gasteiger partial charge is 0.434 e. The summed E-state index contributed by atoms with van der Waals surface area (Å²) in [6.07, 6.45) is 5.96. The van der Waals surface area contributed by atoms with Gasteiger partial charge in [-0.05, 0) is 37.2 Å². The van der Waals surface area contributed by atoms with Crippen molar-refractivity contribution in [3.63, 3.8) is 0 Å². The predicted octanol–water partition coefficient (Wildman–Crippen LogP) is 3.42. The summed E-state index contributed by atoms with van der Waals surface area (Å²) >= 11 is 6.15. The van der Waals surface area contributed by atoms with Gasteiger partial charge in [-0.15, -0.1) is 12.4 Å². The average molecular weight is 540 g/mol. The molecule has 1 fully saturated rings. The number of ether oxygens (including phenoxy) is 1. The number of aromatic nitrogens is 5. The minimum atomic E-state index is -3.08. The summed E-state index contributed by atoms with van der Waals surface area (Å²) in [7, 11) is 0. The molecular weight excluding hydrogens is 519 g/mol. The Morgan fingerprint density at radius 2 is 2.19 bits per heavy atom. The second kappa shape index (κ2) is 10.7. The SMILES string of the molecule is Cl.O=C(Nc1cn([C@H]2CCNC[C@@H]2O)nc1-c1cc(Cl)ccc1OC(F)F)c1cnn2cccnc12. The van der Waals surface area contributed by atoms with Crippen LogP contribution in [0.1, 0.15) is 22.8 Å². The molecule has 0 radical (unpaired) electrons. The second-order valence-corrected chi connectivity index (χ2v) is 8.35. The van der Waals surface area contributed by atoms with Crippen LogP contribution in [-0.2, 0) is 0 Å². The van der Waals surface area contributed by atoms with Crippen LogP contribution in [0, 0.1) is 0 Å². The molecule has 3 aromatic heterocycles. The summed E-state index contributed by atoms with van der Waals surface area (Å²) in [5, 5.41) is 25.3. The van der Waals surface area contributed by atoms with Gasteiger partial charge in [0.15, 0.2) is 5.65 Å². The first kappa shape index (κ1) is 25.8.